The van der Waals surface area contributed by atoms with Gasteiger partial charge in [-0.25, -0.2) is 4.39 Å². The van der Waals surface area contributed by atoms with Crippen LogP contribution >= 0.6 is 0 Å². The molecule has 2 rings (SSSR count). The largest absolute Gasteiger partial charge is 0.310 e. The highest BCUT2D eigenvalue weighted by Gasteiger charge is 2.30. The van der Waals surface area contributed by atoms with E-state index in [0.717, 1.165) is 18.5 Å². The SMILES string of the molecule is CCCNC1c2ccc(F)cc2S(=O)CC1C. The number of hydrogen-bond acceptors (Lipinski definition) is 2. The van der Waals surface area contributed by atoms with Crippen molar-refractivity contribution in [1.82, 2.24) is 5.32 Å². The lowest BCUT2D eigenvalue weighted by Crippen LogP contribution is -2.34. The third-order valence-corrected chi connectivity index (χ3v) is 4.83. The Balaban J connectivity index is 2.36. The molecule has 3 unspecified atom stereocenters. The van der Waals surface area contributed by atoms with Gasteiger partial charge in [0.25, 0.3) is 0 Å². The van der Waals surface area contributed by atoms with Crippen molar-refractivity contribution in [3.8, 4) is 0 Å². The molecule has 0 bridgehead atoms. The van der Waals surface area contributed by atoms with Crippen LogP contribution in [0, 0.1) is 11.7 Å². The van der Waals surface area contributed by atoms with Crippen molar-refractivity contribution in [2.75, 3.05) is 12.3 Å². The molecule has 4 heteroatoms. The lowest BCUT2D eigenvalue weighted by Gasteiger charge is -2.31. The van der Waals surface area contributed by atoms with E-state index >= 15 is 0 Å². The zero-order valence-corrected chi connectivity index (χ0v) is 11.0. The van der Waals surface area contributed by atoms with Gasteiger partial charge in [0.15, 0.2) is 0 Å². The van der Waals surface area contributed by atoms with Crippen LogP contribution in [0.3, 0.4) is 0 Å². The van der Waals surface area contributed by atoms with Gasteiger partial charge in [0.1, 0.15) is 5.82 Å². The molecule has 0 saturated heterocycles. The van der Waals surface area contributed by atoms with Gasteiger partial charge in [-0.1, -0.05) is 19.9 Å². The van der Waals surface area contributed by atoms with Crippen LogP contribution < -0.4 is 5.32 Å². The number of fused-ring (bicyclic) bond motifs is 1. The van der Waals surface area contributed by atoms with Gasteiger partial charge in [-0.3, -0.25) is 4.21 Å². The average molecular weight is 255 g/mol. The Morgan fingerprint density at radius 2 is 2.29 bits per heavy atom. The van der Waals surface area contributed by atoms with E-state index in [1.54, 1.807) is 6.07 Å². The average Bonchev–Trinajstić information content (AvgIpc) is 2.29. The number of rotatable bonds is 3. The first-order valence-corrected chi connectivity index (χ1v) is 7.36. The first-order valence-electron chi connectivity index (χ1n) is 6.04. The molecule has 0 aliphatic carbocycles. The summed E-state index contributed by atoms with van der Waals surface area (Å²) in [6, 6.07) is 4.83. The molecule has 17 heavy (non-hydrogen) atoms. The second-order valence-electron chi connectivity index (χ2n) is 4.60. The van der Waals surface area contributed by atoms with Crippen molar-refractivity contribution in [2.24, 2.45) is 5.92 Å². The first-order chi connectivity index (χ1) is 8.13. The third kappa shape index (κ3) is 2.58. The van der Waals surface area contributed by atoms with E-state index in [1.807, 2.05) is 0 Å². The molecule has 94 valence electrons. The lowest BCUT2D eigenvalue weighted by atomic mass is 9.95. The first kappa shape index (κ1) is 12.7. The lowest BCUT2D eigenvalue weighted by molar-refractivity contribution is 0.401. The van der Waals surface area contributed by atoms with Gasteiger partial charge in [-0.05, 0) is 36.6 Å². The molecule has 0 saturated carbocycles. The maximum atomic E-state index is 13.2. The number of hydrogen-bond donors (Lipinski definition) is 1. The van der Waals surface area contributed by atoms with E-state index in [-0.39, 0.29) is 11.9 Å². The predicted octanol–water partition coefficient (Wildman–Crippen LogP) is 2.62. The molecule has 0 radical (unpaired) electrons. The van der Waals surface area contributed by atoms with E-state index in [1.165, 1.54) is 12.1 Å². The zero-order valence-electron chi connectivity index (χ0n) is 10.2. The Kier molecular flexibility index (Phi) is 3.94. The standard InChI is InChI=1S/C13H18FNOS/c1-3-6-15-13-9(2)8-17(16)12-7-10(14)4-5-11(12)13/h4-5,7,9,13,15H,3,6,8H2,1-2H3. The highest BCUT2D eigenvalue weighted by Crippen LogP contribution is 2.34. The maximum Gasteiger partial charge on any atom is 0.124 e. The second-order valence-corrected chi connectivity index (χ2v) is 6.07. The summed E-state index contributed by atoms with van der Waals surface area (Å²) in [7, 11) is -1.06. The van der Waals surface area contributed by atoms with E-state index in [4.69, 9.17) is 0 Å². The highest BCUT2D eigenvalue weighted by molar-refractivity contribution is 7.85. The van der Waals surface area contributed by atoms with Crippen LogP contribution in [-0.2, 0) is 10.8 Å². The van der Waals surface area contributed by atoms with E-state index in [0.29, 0.717) is 16.6 Å². The van der Waals surface area contributed by atoms with E-state index in [9.17, 15) is 8.60 Å². The quantitative estimate of drug-likeness (QED) is 0.899. The van der Waals surface area contributed by atoms with Crippen LogP contribution in [-0.4, -0.2) is 16.5 Å². The summed E-state index contributed by atoms with van der Waals surface area (Å²) in [5.41, 5.74) is 0.997. The molecule has 0 spiro atoms. The minimum atomic E-state index is -1.06. The Bertz CT molecular complexity index is 435. The molecule has 2 nitrogen and oxygen atoms in total. The van der Waals surface area contributed by atoms with Gasteiger partial charge in [0.2, 0.25) is 0 Å². The normalized spacial score (nSPS) is 27.8. The fourth-order valence-electron chi connectivity index (χ4n) is 2.30. The fraction of sp³-hybridized carbons (Fsp3) is 0.538. The van der Waals surface area contributed by atoms with Crippen LogP contribution in [0.15, 0.2) is 23.1 Å². The van der Waals surface area contributed by atoms with Crippen LogP contribution in [0.2, 0.25) is 0 Å². The highest BCUT2D eigenvalue weighted by atomic mass is 32.2. The van der Waals surface area contributed by atoms with Gasteiger partial charge in [-0.15, -0.1) is 0 Å². The van der Waals surface area contributed by atoms with E-state index < -0.39 is 10.8 Å². The Labute approximate surface area is 104 Å². The van der Waals surface area contributed by atoms with Gasteiger partial charge >= 0.3 is 0 Å². The van der Waals surface area contributed by atoms with Crippen LogP contribution in [0.5, 0.6) is 0 Å². The third-order valence-electron chi connectivity index (χ3n) is 3.15. The minimum absolute atomic E-state index is 0.197. The van der Waals surface area contributed by atoms with Crippen molar-refractivity contribution in [2.45, 2.75) is 31.2 Å². The molecule has 1 heterocycles. The molecular weight excluding hydrogens is 237 g/mol. The number of halogens is 1. The molecule has 3 atom stereocenters. The zero-order chi connectivity index (χ0) is 12.4. The minimum Gasteiger partial charge on any atom is -0.310 e. The maximum absolute atomic E-state index is 13.2. The summed E-state index contributed by atoms with van der Waals surface area (Å²) >= 11 is 0. The van der Waals surface area contributed by atoms with Crippen molar-refractivity contribution < 1.29 is 8.60 Å². The summed E-state index contributed by atoms with van der Waals surface area (Å²) in [6.45, 7) is 5.14. The van der Waals surface area contributed by atoms with Crippen molar-refractivity contribution in [3.63, 3.8) is 0 Å². The molecule has 1 N–H and O–H groups in total. The second kappa shape index (κ2) is 5.27. The summed E-state index contributed by atoms with van der Waals surface area (Å²) in [5.74, 6) is 0.624. The molecule has 1 aromatic rings. The molecule has 1 aromatic carbocycles. The fourth-order valence-corrected chi connectivity index (χ4v) is 3.86. The molecular formula is C13H18FNOS. The van der Waals surface area contributed by atoms with Gasteiger partial charge in [0.05, 0.1) is 10.8 Å². The van der Waals surface area contributed by atoms with Gasteiger partial charge in [-0.2, -0.15) is 0 Å². The molecule has 0 amide bonds. The predicted molar refractivity (Wildman–Crippen MR) is 67.9 cm³/mol. The topological polar surface area (TPSA) is 29.1 Å². The van der Waals surface area contributed by atoms with Crippen LogP contribution in [0.25, 0.3) is 0 Å². The number of nitrogens with one attached hydrogen (secondary N) is 1. The Morgan fingerprint density at radius 1 is 1.53 bits per heavy atom. The smallest absolute Gasteiger partial charge is 0.124 e. The monoisotopic (exact) mass is 255 g/mol. The molecule has 1 aliphatic heterocycles. The molecule has 0 aromatic heterocycles. The summed E-state index contributed by atoms with van der Waals surface area (Å²) in [4.78, 5) is 0.664. The molecule has 1 aliphatic rings. The molecule has 0 fully saturated rings. The van der Waals surface area contributed by atoms with Gasteiger partial charge in [0, 0.05) is 16.7 Å². The summed E-state index contributed by atoms with van der Waals surface area (Å²) in [5, 5.41) is 3.46. The van der Waals surface area contributed by atoms with Crippen LogP contribution in [0.4, 0.5) is 4.39 Å². The van der Waals surface area contributed by atoms with Crippen molar-refractivity contribution in [3.05, 3.63) is 29.6 Å². The number of benzene rings is 1. The van der Waals surface area contributed by atoms with Gasteiger partial charge < -0.3 is 5.32 Å². The Morgan fingerprint density at radius 3 is 3.00 bits per heavy atom. The Hall–Kier alpha value is -0.740. The van der Waals surface area contributed by atoms with E-state index in [2.05, 4.69) is 19.2 Å². The van der Waals surface area contributed by atoms with Crippen molar-refractivity contribution >= 4 is 10.8 Å². The van der Waals surface area contributed by atoms with Crippen molar-refractivity contribution in [1.29, 1.82) is 0 Å². The summed E-state index contributed by atoms with van der Waals surface area (Å²) < 4.78 is 25.2. The van der Waals surface area contributed by atoms with Crippen LogP contribution in [0.1, 0.15) is 31.9 Å². The summed E-state index contributed by atoms with van der Waals surface area (Å²) in [6.07, 6.45) is 1.06.